The van der Waals surface area contributed by atoms with Gasteiger partial charge in [-0.3, -0.25) is 0 Å². The summed E-state index contributed by atoms with van der Waals surface area (Å²) in [5, 5.41) is 21.9. The van der Waals surface area contributed by atoms with Gasteiger partial charge in [0.2, 0.25) is 0 Å². The highest BCUT2D eigenvalue weighted by molar-refractivity contribution is 8.06. The first-order valence-corrected chi connectivity index (χ1v) is 10.9. The van der Waals surface area contributed by atoms with Gasteiger partial charge in [0.1, 0.15) is 22.5 Å². The van der Waals surface area contributed by atoms with Crippen LogP contribution in [-0.4, -0.2) is 26.2 Å². The molecule has 2 aromatic rings. The Morgan fingerprint density at radius 3 is 2.86 bits per heavy atom. The monoisotopic (exact) mass is 403 g/mol. The number of hydrogen-bond acceptors (Lipinski definition) is 5. The molecule has 0 unspecified atom stereocenters. The maximum absolute atomic E-state index is 10.1. The molecule has 5 nitrogen and oxygen atoms in total. The fourth-order valence-electron chi connectivity index (χ4n) is 3.84. The molecule has 29 heavy (non-hydrogen) atoms. The number of nitrogens with zero attached hydrogens (tertiary/aromatic N) is 5. The first-order valence-electron chi connectivity index (χ1n) is 10.0. The molecule has 0 amide bonds. The largest absolute Gasteiger partial charge is 0.330 e. The molecule has 148 valence electrons. The van der Waals surface area contributed by atoms with Crippen LogP contribution in [0.5, 0.6) is 0 Å². The van der Waals surface area contributed by atoms with Crippen LogP contribution in [0.1, 0.15) is 47.6 Å². The van der Waals surface area contributed by atoms with Gasteiger partial charge in [0.15, 0.2) is 5.82 Å². The number of benzene rings is 1. The third-order valence-electron chi connectivity index (χ3n) is 5.59. The fraction of sp³-hybridized carbons (Fsp3) is 0.348. The van der Waals surface area contributed by atoms with Crippen molar-refractivity contribution in [1.29, 1.82) is 5.26 Å². The first-order chi connectivity index (χ1) is 14.1. The summed E-state index contributed by atoms with van der Waals surface area (Å²) in [4.78, 5) is 2.17. The highest BCUT2D eigenvalue weighted by atomic mass is 32.2. The van der Waals surface area contributed by atoms with Gasteiger partial charge >= 0.3 is 0 Å². The lowest BCUT2D eigenvalue weighted by Gasteiger charge is -2.23. The maximum Gasteiger partial charge on any atom is 0.177 e. The molecular formula is C23H25N5S. The van der Waals surface area contributed by atoms with E-state index < -0.39 is 0 Å². The number of aromatic nitrogens is 3. The van der Waals surface area contributed by atoms with Crippen molar-refractivity contribution < 1.29 is 0 Å². The van der Waals surface area contributed by atoms with Gasteiger partial charge in [0.05, 0.1) is 5.70 Å². The van der Waals surface area contributed by atoms with Crippen molar-refractivity contribution in [3.05, 3.63) is 69.6 Å². The van der Waals surface area contributed by atoms with Crippen molar-refractivity contribution in [3.63, 3.8) is 0 Å². The van der Waals surface area contributed by atoms with Crippen LogP contribution in [0.15, 0.2) is 41.3 Å². The molecule has 0 aliphatic carbocycles. The smallest absolute Gasteiger partial charge is 0.177 e. The second-order valence-electron chi connectivity index (χ2n) is 7.51. The molecular weight excluding hydrogens is 378 g/mol. The summed E-state index contributed by atoms with van der Waals surface area (Å²) in [7, 11) is 0. The van der Waals surface area contributed by atoms with Crippen LogP contribution in [0.3, 0.4) is 0 Å². The summed E-state index contributed by atoms with van der Waals surface area (Å²) in [6.07, 6.45) is 6.22. The average Bonchev–Trinajstić information content (AvgIpc) is 3.22. The number of allylic oxidation sites excluding steroid dienone is 1. The summed E-state index contributed by atoms with van der Waals surface area (Å²) < 4.78 is 2.14. The van der Waals surface area contributed by atoms with Gasteiger partial charge in [0.25, 0.3) is 0 Å². The molecule has 6 heteroatoms. The van der Waals surface area contributed by atoms with E-state index >= 15 is 0 Å². The van der Waals surface area contributed by atoms with Gasteiger partial charge in [-0.05, 0) is 49.4 Å². The molecule has 2 aliphatic heterocycles. The zero-order valence-corrected chi connectivity index (χ0v) is 17.8. The molecule has 0 atom stereocenters. The number of nitriles is 1. The quantitative estimate of drug-likeness (QED) is 0.528. The lowest BCUT2D eigenvalue weighted by atomic mass is 10.0. The normalized spacial score (nSPS) is 18.0. The summed E-state index contributed by atoms with van der Waals surface area (Å²) >= 11 is 1.58. The Labute approximate surface area is 176 Å². The molecule has 3 heterocycles. The molecule has 2 aliphatic rings. The van der Waals surface area contributed by atoms with Crippen LogP contribution < -0.4 is 0 Å². The molecule has 0 spiro atoms. The Kier molecular flexibility index (Phi) is 5.59. The minimum absolute atomic E-state index is 0.590. The van der Waals surface area contributed by atoms with Crippen LogP contribution in [0.4, 0.5) is 0 Å². The van der Waals surface area contributed by atoms with E-state index in [1.165, 1.54) is 17.5 Å². The van der Waals surface area contributed by atoms with Crippen molar-refractivity contribution >= 4 is 23.0 Å². The van der Waals surface area contributed by atoms with E-state index in [0.717, 1.165) is 47.9 Å². The highest BCUT2D eigenvalue weighted by Gasteiger charge is 2.29. The predicted octanol–water partition coefficient (Wildman–Crippen LogP) is 5.05. The lowest BCUT2D eigenvalue weighted by Crippen LogP contribution is -2.19. The van der Waals surface area contributed by atoms with Crippen LogP contribution in [0.25, 0.3) is 11.3 Å². The second kappa shape index (κ2) is 8.30. The van der Waals surface area contributed by atoms with E-state index in [2.05, 4.69) is 69.8 Å². The number of thioether (sulfide) groups is 1. The SMILES string of the molecule is C=CCN1C(c2ccc(C)c(C)c2)=CSC1=C(C#N)c1nnc2n1CCCCC2. The maximum atomic E-state index is 10.1. The van der Waals surface area contributed by atoms with E-state index in [1.54, 1.807) is 11.8 Å². The van der Waals surface area contributed by atoms with Crippen molar-refractivity contribution in [2.45, 2.75) is 46.1 Å². The molecule has 0 fully saturated rings. The van der Waals surface area contributed by atoms with E-state index in [4.69, 9.17) is 0 Å². The van der Waals surface area contributed by atoms with Gasteiger partial charge in [-0.15, -0.1) is 16.8 Å². The van der Waals surface area contributed by atoms with Crippen molar-refractivity contribution in [2.75, 3.05) is 6.54 Å². The lowest BCUT2D eigenvalue weighted by molar-refractivity contribution is 0.586. The van der Waals surface area contributed by atoms with Crippen LogP contribution in [0, 0.1) is 25.2 Å². The summed E-state index contributed by atoms with van der Waals surface area (Å²) in [6.45, 7) is 9.69. The van der Waals surface area contributed by atoms with Crippen LogP contribution in [-0.2, 0) is 13.0 Å². The van der Waals surface area contributed by atoms with Crippen molar-refractivity contribution in [3.8, 4) is 6.07 Å². The number of rotatable bonds is 4. The van der Waals surface area contributed by atoms with E-state index in [0.29, 0.717) is 17.9 Å². The highest BCUT2D eigenvalue weighted by Crippen LogP contribution is 2.43. The summed E-state index contributed by atoms with van der Waals surface area (Å²) in [5.74, 6) is 1.68. The number of fused-ring (bicyclic) bond motifs is 1. The Morgan fingerprint density at radius 2 is 2.10 bits per heavy atom. The number of aryl methyl sites for hydroxylation is 3. The van der Waals surface area contributed by atoms with Gasteiger partial charge in [-0.1, -0.05) is 36.4 Å². The zero-order valence-electron chi connectivity index (χ0n) is 17.0. The Hall–Kier alpha value is -2.78. The topological polar surface area (TPSA) is 57.7 Å². The van der Waals surface area contributed by atoms with Crippen LogP contribution in [0.2, 0.25) is 0 Å². The summed E-state index contributed by atoms with van der Waals surface area (Å²) in [5.41, 5.74) is 5.36. The molecule has 0 N–H and O–H groups in total. The first kappa shape index (κ1) is 19.5. The van der Waals surface area contributed by atoms with Crippen molar-refractivity contribution in [1.82, 2.24) is 19.7 Å². The van der Waals surface area contributed by atoms with E-state index in [-0.39, 0.29) is 0 Å². The summed E-state index contributed by atoms with van der Waals surface area (Å²) in [6, 6.07) is 8.92. The molecule has 0 saturated carbocycles. The predicted molar refractivity (Wildman–Crippen MR) is 118 cm³/mol. The minimum Gasteiger partial charge on any atom is -0.330 e. The van der Waals surface area contributed by atoms with Crippen LogP contribution >= 0.6 is 11.8 Å². The Bertz CT molecular complexity index is 1050. The minimum atomic E-state index is 0.590. The van der Waals surface area contributed by atoms with E-state index in [9.17, 15) is 5.26 Å². The molecule has 1 aromatic carbocycles. The van der Waals surface area contributed by atoms with Gasteiger partial charge in [-0.25, -0.2) is 0 Å². The molecule has 0 radical (unpaired) electrons. The van der Waals surface area contributed by atoms with Gasteiger partial charge < -0.3 is 9.47 Å². The molecule has 0 saturated heterocycles. The Morgan fingerprint density at radius 1 is 1.24 bits per heavy atom. The second-order valence-corrected chi connectivity index (χ2v) is 8.37. The third kappa shape index (κ3) is 3.63. The average molecular weight is 404 g/mol. The fourth-order valence-corrected chi connectivity index (χ4v) is 4.88. The molecule has 4 rings (SSSR count). The zero-order chi connectivity index (χ0) is 20.4. The van der Waals surface area contributed by atoms with Crippen molar-refractivity contribution in [2.24, 2.45) is 0 Å². The van der Waals surface area contributed by atoms with Gasteiger partial charge in [0, 0.05) is 24.9 Å². The number of hydrogen-bond donors (Lipinski definition) is 0. The molecule has 0 bridgehead atoms. The van der Waals surface area contributed by atoms with Gasteiger partial charge in [-0.2, -0.15) is 5.26 Å². The Balaban J connectivity index is 1.78. The molecule has 1 aromatic heterocycles. The standard InChI is InChI=1S/C23H25N5S/c1-4-11-27-20(18-10-9-16(2)17(3)13-18)15-29-23(27)19(14-24)22-26-25-21-8-6-5-7-12-28(21)22/h4,9-10,13,15H,1,5-8,11-12H2,2-3H3. The third-order valence-corrected chi connectivity index (χ3v) is 6.58. The van der Waals surface area contributed by atoms with E-state index in [1.807, 2.05) is 6.08 Å².